The van der Waals surface area contributed by atoms with Crippen LogP contribution in [0.2, 0.25) is 0 Å². The molecule has 166 valence electrons. The third kappa shape index (κ3) is 6.66. The summed E-state index contributed by atoms with van der Waals surface area (Å²) in [4.78, 5) is 24.9. The van der Waals surface area contributed by atoms with Gasteiger partial charge in [-0.05, 0) is 73.2 Å². The van der Waals surface area contributed by atoms with Gasteiger partial charge in [0.1, 0.15) is 11.5 Å². The Bertz CT molecular complexity index is 1090. The van der Waals surface area contributed by atoms with Crippen LogP contribution in [0, 0.1) is 0 Å². The van der Waals surface area contributed by atoms with Crippen molar-refractivity contribution in [3.8, 4) is 5.75 Å². The monoisotopic (exact) mass is 515 g/mol. The summed E-state index contributed by atoms with van der Waals surface area (Å²) < 4.78 is 11.6. The highest BCUT2D eigenvalue weighted by molar-refractivity contribution is 9.10. The summed E-state index contributed by atoms with van der Waals surface area (Å²) in [6.45, 7) is 2.80. The first-order valence-electron chi connectivity index (χ1n) is 9.91. The molecule has 0 unspecified atom stereocenters. The zero-order valence-corrected chi connectivity index (χ0v) is 19.7. The molecule has 32 heavy (non-hydrogen) atoms. The summed E-state index contributed by atoms with van der Waals surface area (Å²) in [7, 11) is 0. The maximum absolute atomic E-state index is 12.7. The predicted octanol–water partition coefficient (Wildman–Crippen LogP) is 4.89. The average Bonchev–Trinajstić information content (AvgIpc) is 3.30. The summed E-state index contributed by atoms with van der Waals surface area (Å²) >= 11 is 8.63. The van der Waals surface area contributed by atoms with Gasteiger partial charge in [-0.25, -0.2) is 0 Å². The molecule has 2 aromatic carbocycles. The van der Waals surface area contributed by atoms with E-state index < -0.39 is 0 Å². The molecular weight excluding hydrogens is 494 g/mol. The summed E-state index contributed by atoms with van der Waals surface area (Å²) in [5.41, 5.74) is 1.50. The molecule has 7 nitrogen and oxygen atoms in total. The molecular formula is C23H22BrN3O4S. The van der Waals surface area contributed by atoms with Crippen molar-refractivity contribution in [3.05, 3.63) is 82.2 Å². The lowest BCUT2D eigenvalue weighted by Gasteiger charge is -2.13. The fourth-order valence-corrected chi connectivity index (χ4v) is 3.31. The topological polar surface area (TPSA) is 92.6 Å². The number of hydrogen-bond donors (Lipinski definition) is 3. The number of halogens is 1. The fraction of sp³-hybridized carbons (Fsp3) is 0.174. The first kappa shape index (κ1) is 23.5. The summed E-state index contributed by atoms with van der Waals surface area (Å²) in [5, 5.41) is 8.50. The number of carbonyl (C=O) groups is 2. The van der Waals surface area contributed by atoms with Crippen LogP contribution in [0.15, 0.2) is 69.8 Å². The van der Waals surface area contributed by atoms with Gasteiger partial charge in [0.05, 0.1) is 25.0 Å². The van der Waals surface area contributed by atoms with Crippen molar-refractivity contribution in [2.75, 3.05) is 11.9 Å². The molecule has 3 N–H and O–H groups in total. The number of ether oxygens (including phenoxy) is 1. The van der Waals surface area contributed by atoms with E-state index in [0.717, 1.165) is 10.9 Å². The van der Waals surface area contributed by atoms with E-state index in [1.165, 1.54) is 0 Å². The zero-order valence-electron chi connectivity index (χ0n) is 17.3. The Balaban J connectivity index is 1.56. The first-order valence-corrected chi connectivity index (χ1v) is 11.1. The molecule has 0 saturated carbocycles. The van der Waals surface area contributed by atoms with Crippen LogP contribution >= 0.6 is 28.1 Å². The van der Waals surface area contributed by atoms with E-state index in [2.05, 4.69) is 31.9 Å². The standard InChI is InChI=1S/C23H22BrN3O4S/c1-2-11-31-20-10-7-16(24)13-19(20)22(29)27-23(32)26-17-8-5-15(6-9-17)21(28)25-14-18-4-3-12-30-18/h3-10,12-13H,2,11,14H2,1H3,(H,25,28)(H2,26,27,29,32). The minimum absolute atomic E-state index is 0.131. The van der Waals surface area contributed by atoms with Crippen molar-refractivity contribution in [2.24, 2.45) is 0 Å². The maximum atomic E-state index is 12.7. The van der Waals surface area contributed by atoms with E-state index in [1.807, 2.05) is 13.0 Å². The molecule has 0 aliphatic heterocycles. The number of amides is 2. The molecule has 0 saturated heterocycles. The van der Waals surface area contributed by atoms with E-state index in [4.69, 9.17) is 21.4 Å². The zero-order chi connectivity index (χ0) is 22.9. The fourth-order valence-electron chi connectivity index (χ4n) is 2.74. The van der Waals surface area contributed by atoms with Crippen LogP contribution in [0.5, 0.6) is 5.75 Å². The second kappa shape index (κ2) is 11.4. The Kier molecular flexibility index (Phi) is 8.41. The quantitative estimate of drug-likeness (QED) is 0.370. The lowest BCUT2D eigenvalue weighted by molar-refractivity contribution is 0.0945. The number of thiocarbonyl (C=S) groups is 1. The van der Waals surface area contributed by atoms with Gasteiger partial charge < -0.3 is 19.8 Å². The van der Waals surface area contributed by atoms with E-state index in [9.17, 15) is 9.59 Å². The van der Waals surface area contributed by atoms with Crippen molar-refractivity contribution >= 4 is 50.8 Å². The molecule has 0 spiro atoms. The maximum Gasteiger partial charge on any atom is 0.261 e. The second-order valence-electron chi connectivity index (χ2n) is 6.74. The van der Waals surface area contributed by atoms with Crippen molar-refractivity contribution in [1.29, 1.82) is 0 Å². The summed E-state index contributed by atoms with van der Waals surface area (Å²) in [5.74, 6) is 0.550. The molecule has 0 aliphatic rings. The molecule has 0 bridgehead atoms. The SMILES string of the molecule is CCCOc1ccc(Br)cc1C(=O)NC(=S)Nc1ccc(C(=O)NCc2ccco2)cc1. The van der Waals surface area contributed by atoms with E-state index >= 15 is 0 Å². The van der Waals surface area contributed by atoms with Gasteiger partial charge in [0.15, 0.2) is 5.11 Å². The van der Waals surface area contributed by atoms with Crippen LogP contribution < -0.4 is 20.7 Å². The van der Waals surface area contributed by atoms with Gasteiger partial charge in [0.2, 0.25) is 0 Å². The number of carbonyl (C=O) groups excluding carboxylic acids is 2. The molecule has 0 fully saturated rings. The van der Waals surface area contributed by atoms with Crippen LogP contribution in [-0.4, -0.2) is 23.5 Å². The highest BCUT2D eigenvalue weighted by atomic mass is 79.9. The second-order valence-corrected chi connectivity index (χ2v) is 8.06. The molecule has 1 aromatic heterocycles. The number of rotatable bonds is 8. The van der Waals surface area contributed by atoms with Crippen molar-refractivity contribution in [1.82, 2.24) is 10.6 Å². The minimum atomic E-state index is -0.385. The molecule has 0 aliphatic carbocycles. The predicted molar refractivity (Wildman–Crippen MR) is 130 cm³/mol. The molecule has 1 heterocycles. The van der Waals surface area contributed by atoms with Crippen molar-refractivity contribution < 1.29 is 18.7 Å². The molecule has 2 amide bonds. The van der Waals surface area contributed by atoms with Crippen LogP contribution in [0.1, 0.15) is 39.8 Å². The summed E-state index contributed by atoms with van der Waals surface area (Å²) in [6.07, 6.45) is 2.38. The van der Waals surface area contributed by atoms with Gasteiger partial charge in [-0.1, -0.05) is 22.9 Å². The number of benzene rings is 2. The Morgan fingerprint density at radius 3 is 2.56 bits per heavy atom. The highest BCUT2D eigenvalue weighted by Crippen LogP contribution is 2.23. The molecule has 9 heteroatoms. The number of anilines is 1. The Morgan fingerprint density at radius 2 is 1.88 bits per heavy atom. The molecule has 0 atom stereocenters. The van der Waals surface area contributed by atoms with Gasteiger partial charge in [-0.2, -0.15) is 0 Å². The van der Waals surface area contributed by atoms with E-state index in [0.29, 0.717) is 41.5 Å². The third-order valence-corrected chi connectivity index (χ3v) is 4.98. The van der Waals surface area contributed by atoms with Crippen LogP contribution in [-0.2, 0) is 6.54 Å². The lowest BCUT2D eigenvalue weighted by Crippen LogP contribution is -2.34. The highest BCUT2D eigenvalue weighted by Gasteiger charge is 2.15. The number of hydrogen-bond acceptors (Lipinski definition) is 5. The van der Waals surface area contributed by atoms with Crippen LogP contribution in [0.4, 0.5) is 5.69 Å². The average molecular weight is 516 g/mol. The third-order valence-electron chi connectivity index (χ3n) is 4.28. The Labute approximate surface area is 199 Å². The first-order chi connectivity index (χ1) is 15.5. The van der Waals surface area contributed by atoms with Gasteiger partial charge >= 0.3 is 0 Å². The molecule has 3 aromatic rings. The van der Waals surface area contributed by atoms with Crippen molar-refractivity contribution in [2.45, 2.75) is 19.9 Å². The molecule has 3 rings (SSSR count). The lowest BCUT2D eigenvalue weighted by atomic mass is 10.2. The largest absolute Gasteiger partial charge is 0.493 e. The van der Waals surface area contributed by atoms with Crippen molar-refractivity contribution in [3.63, 3.8) is 0 Å². The Hall–Kier alpha value is -3.17. The Morgan fingerprint density at radius 1 is 1.09 bits per heavy atom. The summed E-state index contributed by atoms with van der Waals surface area (Å²) in [6, 6.07) is 15.5. The number of nitrogens with one attached hydrogen (secondary N) is 3. The van der Waals surface area contributed by atoms with Gasteiger partial charge in [-0.3, -0.25) is 14.9 Å². The van der Waals surface area contributed by atoms with E-state index in [1.54, 1.807) is 54.8 Å². The smallest absolute Gasteiger partial charge is 0.261 e. The normalized spacial score (nSPS) is 10.3. The van der Waals surface area contributed by atoms with Crippen LogP contribution in [0.25, 0.3) is 0 Å². The number of furan rings is 1. The minimum Gasteiger partial charge on any atom is -0.493 e. The molecule has 0 radical (unpaired) electrons. The van der Waals surface area contributed by atoms with Crippen LogP contribution in [0.3, 0.4) is 0 Å². The van der Waals surface area contributed by atoms with Gasteiger partial charge in [0, 0.05) is 15.7 Å². The van der Waals surface area contributed by atoms with Gasteiger partial charge in [-0.15, -0.1) is 0 Å². The van der Waals surface area contributed by atoms with Gasteiger partial charge in [0.25, 0.3) is 11.8 Å². The van der Waals surface area contributed by atoms with E-state index in [-0.39, 0.29) is 16.9 Å².